The van der Waals surface area contributed by atoms with Crippen LogP contribution >= 0.6 is 0 Å². The van der Waals surface area contributed by atoms with Gasteiger partial charge in [0.25, 0.3) is 5.91 Å². The van der Waals surface area contributed by atoms with E-state index < -0.39 is 5.97 Å². The van der Waals surface area contributed by atoms with Gasteiger partial charge in [-0.25, -0.2) is 0 Å². The number of nitrogens with zero attached hydrogens (tertiary/aromatic N) is 1. The Balaban J connectivity index is 2.10. The minimum absolute atomic E-state index is 0.0254. The van der Waals surface area contributed by atoms with Gasteiger partial charge in [-0.15, -0.1) is 0 Å². The third kappa shape index (κ3) is 4.20. The molecular formula is C18H23NO3. The van der Waals surface area contributed by atoms with E-state index >= 15 is 0 Å². The summed E-state index contributed by atoms with van der Waals surface area (Å²) in [5, 5.41) is 8.77. The fraction of sp³-hybridized carbons (Fsp3) is 0.444. The van der Waals surface area contributed by atoms with E-state index in [0.717, 1.165) is 43.5 Å². The predicted molar refractivity (Wildman–Crippen MR) is 86.7 cm³/mol. The molecule has 0 aliphatic carbocycles. The van der Waals surface area contributed by atoms with E-state index in [4.69, 9.17) is 5.11 Å². The second kappa shape index (κ2) is 7.78. The molecule has 1 amide bonds. The molecular weight excluding hydrogens is 278 g/mol. The van der Waals surface area contributed by atoms with E-state index in [2.05, 4.69) is 0 Å². The summed E-state index contributed by atoms with van der Waals surface area (Å²) in [6.07, 6.45) is 5.91. The molecule has 0 atom stereocenters. The maximum absolute atomic E-state index is 12.4. The number of carboxylic acid groups (broad SMARTS) is 1. The lowest BCUT2D eigenvalue weighted by Gasteiger charge is -2.26. The summed E-state index contributed by atoms with van der Waals surface area (Å²) >= 11 is 0. The summed E-state index contributed by atoms with van der Waals surface area (Å²) in [7, 11) is 0. The van der Waals surface area contributed by atoms with Crippen molar-refractivity contribution in [1.82, 2.24) is 4.90 Å². The number of carbonyl (C=O) groups is 2. The number of hydrogen-bond donors (Lipinski definition) is 1. The molecule has 1 fully saturated rings. The van der Waals surface area contributed by atoms with E-state index in [1.165, 1.54) is 6.42 Å². The van der Waals surface area contributed by atoms with Crippen molar-refractivity contribution in [3.63, 3.8) is 0 Å². The highest BCUT2D eigenvalue weighted by Gasteiger charge is 2.17. The number of carboxylic acids is 1. The van der Waals surface area contributed by atoms with E-state index in [1.807, 2.05) is 36.1 Å². The van der Waals surface area contributed by atoms with Crippen LogP contribution in [-0.4, -0.2) is 35.0 Å². The van der Waals surface area contributed by atoms with Crippen molar-refractivity contribution < 1.29 is 14.7 Å². The van der Waals surface area contributed by atoms with Crippen LogP contribution in [0.15, 0.2) is 30.3 Å². The quantitative estimate of drug-likeness (QED) is 0.904. The second-order valence-electron chi connectivity index (χ2n) is 5.61. The van der Waals surface area contributed by atoms with Crippen molar-refractivity contribution >= 4 is 17.4 Å². The van der Waals surface area contributed by atoms with Gasteiger partial charge in [-0.2, -0.15) is 0 Å². The van der Waals surface area contributed by atoms with Crippen LogP contribution in [0.25, 0.3) is 5.57 Å². The molecule has 118 valence electrons. The van der Waals surface area contributed by atoms with Crippen LogP contribution in [0.1, 0.15) is 54.9 Å². The lowest BCUT2D eigenvalue weighted by molar-refractivity contribution is -0.136. The van der Waals surface area contributed by atoms with Crippen LogP contribution < -0.4 is 0 Å². The molecule has 0 bridgehead atoms. The molecule has 1 saturated heterocycles. The number of rotatable bonds is 5. The van der Waals surface area contributed by atoms with Gasteiger partial charge in [-0.3, -0.25) is 9.59 Å². The number of amides is 1. The van der Waals surface area contributed by atoms with Crippen LogP contribution in [0.3, 0.4) is 0 Å². The van der Waals surface area contributed by atoms with Crippen molar-refractivity contribution in [3.8, 4) is 0 Å². The highest BCUT2D eigenvalue weighted by Crippen LogP contribution is 2.20. The van der Waals surface area contributed by atoms with Crippen LogP contribution in [0, 0.1) is 0 Å². The Morgan fingerprint density at radius 1 is 1.09 bits per heavy atom. The first-order valence-corrected chi connectivity index (χ1v) is 7.92. The Kier molecular flexibility index (Phi) is 5.75. The molecule has 2 rings (SSSR count). The number of likely N-dealkylation sites (tertiary alicyclic amines) is 1. The van der Waals surface area contributed by atoms with Crippen LogP contribution in [-0.2, 0) is 4.79 Å². The van der Waals surface area contributed by atoms with Crippen molar-refractivity contribution in [2.24, 2.45) is 0 Å². The first-order valence-electron chi connectivity index (χ1n) is 7.92. The SMILES string of the molecule is CC/C(=C\CC(=O)O)c1ccc(C(=O)N2CCCCC2)cc1. The van der Waals surface area contributed by atoms with Crippen molar-refractivity contribution in [2.45, 2.75) is 39.0 Å². The second-order valence-corrected chi connectivity index (χ2v) is 5.61. The Morgan fingerprint density at radius 3 is 2.23 bits per heavy atom. The third-order valence-electron chi connectivity index (χ3n) is 4.05. The molecule has 0 radical (unpaired) electrons. The Bertz CT molecular complexity index is 554. The molecule has 1 aromatic carbocycles. The highest BCUT2D eigenvalue weighted by atomic mass is 16.4. The zero-order chi connectivity index (χ0) is 15.9. The van der Waals surface area contributed by atoms with Crippen LogP contribution in [0.2, 0.25) is 0 Å². The smallest absolute Gasteiger partial charge is 0.307 e. The summed E-state index contributed by atoms with van der Waals surface area (Å²) in [6, 6.07) is 7.51. The molecule has 1 N–H and O–H groups in total. The highest BCUT2D eigenvalue weighted by molar-refractivity contribution is 5.94. The minimum atomic E-state index is -0.831. The zero-order valence-corrected chi connectivity index (χ0v) is 13.0. The fourth-order valence-corrected chi connectivity index (χ4v) is 2.78. The van der Waals surface area contributed by atoms with Crippen molar-refractivity contribution in [2.75, 3.05) is 13.1 Å². The molecule has 1 aliphatic heterocycles. The summed E-state index contributed by atoms with van der Waals surface area (Å²) in [6.45, 7) is 3.69. The molecule has 1 heterocycles. The molecule has 0 unspecified atom stereocenters. The Hall–Kier alpha value is -2.10. The molecule has 1 aromatic rings. The largest absolute Gasteiger partial charge is 0.481 e. The van der Waals surface area contributed by atoms with Gasteiger partial charge in [0.15, 0.2) is 0 Å². The normalized spacial score (nSPS) is 15.7. The van der Waals surface area contributed by atoms with Gasteiger partial charge in [0, 0.05) is 18.7 Å². The number of benzene rings is 1. The molecule has 4 nitrogen and oxygen atoms in total. The molecule has 22 heavy (non-hydrogen) atoms. The monoisotopic (exact) mass is 301 g/mol. The molecule has 0 spiro atoms. The average Bonchev–Trinajstić information content (AvgIpc) is 2.56. The lowest BCUT2D eigenvalue weighted by atomic mass is 10.00. The summed E-state index contributed by atoms with van der Waals surface area (Å²) < 4.78 is 0. The lowest BCUT2D eigenvalue weighted by Crippen LogP contribution is -2.35. The van der Waals surface area contributed by atoms with Gasteiger partial charge in [-0.1, -0.05) is 25.1 Å². The molecule has 4 heteroatoms. The van der Waals surface area contributed by atoms with Gasteiger partial charge in [-0.05, 0) is 49.0 Å². The number of aliphatic carboxylic acids is 1. The third-order valence-corrected chi connectivity index (χ3v) is 4.05. The van der Waals surface area contributed by atoms with Crippen LogP contribution in [0.5, 0.6) is 0 Å². The predicted octanol–water partition coefficient (Wildman–Crippen LogP) is 3.58. The Labute approximate surface area is 131 Å². The van der Waals surface area contributed by atoms with E-state index in [0.29, 0.717) is 5.56 Å². The molecule has 0 aromatic heterocycles. The molecule has 0 saturated carbocycles. The summed E-state index contributed by atoms with van der Waals surface area (Å²) in [5.41, 5.74) is 2.69. The first-order chi connectivity index (χ1) is 10.6. The fourth-order valence-electron chi connectivity index (χ4n) is 2.78. The van der Waals surface area contributed by atoms with Gasteiger partial charge in [0.1, 0.15) is 0 Å². The number of allylic oxidation sites excluding steroid dienone is 1. The summed E-state index contributed by atoms with van der Waals surface area (Å²) in [5.74, 6) is -0.735. The number of carbonyl (C=O) groups excluding carboxylic acids is 1. The summed E-state index contributed by atoms with van der Waals surface area (Å²) in [4.78, 5) is 25.0. The molecule has 1 aliphatic rings. The zero-order valence-electron chi connectivity index (χ0n) is 13.0. The Morgan fingerprint density at radius 2 is 1.68 bits per heavy atom. The van der Waals surface area contributed by atoms with E-state index in [-0.39, 0.29) is 12.3 Å². The van der Waals surface area contributed by atoms with Crippen LogP contribution in [0.4, 0.5) is 0 Å². The van der Waals surface area contributed by atoms with Crippen molar-refractivity contribution in [3.05, 3.63) is 41.5 Å². The van der Waals surface area contributed by atoms with Gasteiger partial charge < -0.3 is 10.0 Å². The van der Waals surface area contributed by atoms with Crippen molar-refractivity contribution in [1.29, 1.82) is 0 Å². The number of piperidine rings is 1. The topological polar surface area (TPSA) is 57.6 Å². The standard InChI is InChI=1S/C18H23NO3/c1-2-14(10-11-17(20)21)15-6-8-16(9-7-15)18(22)19-12-4-3-5-13-19/h6-10H,2-5,11-13H2,1H3,(H,20,21)/b14-10+. The van der Waals surface area contributed by atoms with Gasteiger partial charge in [0.2, 0.25) is 0 Å². The van der Waals surface area contributed by atoms with E-state index in [9.17, 15) is 9.59 Å². The number of hydrogen-bond acceptors (Lipinski definition) is 2. The van der Waals surface area contributed by atoms with Gasteiger partial charge >= 0.3 is 5.97 Å². The maximum atomic E-state index is 12.4. The van der Waals surface area contributed by atoms with Gasteiger partial charge in [0.05, 0.1) is 6.42 Å². The minimum Gasteiger partial charge on any atom is -0.481 e. The first kappa shape index (κ1) is 16.3. The van der Waals surface area contributed by atoms with E-state index in [1.54, 1.807) is 6.08 Å². The average molecular weight is 301 g/mol. The maximum Gasteiger partial charge on any atom is 0.307 e.